The Hall–Kier alpha value is -1.69. The van der Waals surface area contributed by atoms with Gasteiger partial charge < -0.3 is 10.5 Å². The number of nitrogens with zero attached hydrogens (tertiary/aromatic N) is 3. The molecule has 0 bridgehead atoms. The Labute approximate surface area is 106 Å². The quantitative estimate of drug-likeness (QED) is 0.851. The maximum Gasteiger partial charge on any atom is 0.339 e. The van der Waals surface area contributed by atoms with Crippen LogP contribution >= 0.6 is 0 Å². The molecule has 0 aliphatic carbocycles. The van der Waals surface area contributed by atoms with Gasteiger partial charge in [0.25, 0.3) is 0 Å². The molecule has 1 aromatic rings. The van der Waals surface area contributed by atoms with Crippen LogP contribution < -0.4 is 5.43 Å². The van der Waals surface area contributed by atoms with E-state index in [9.17, 15) is 4.79 Å². The maximum atomic E-state index is 11.1. The molecule has 2 heterocycles. The second-order valence-corrected chi connectivity index (χ2v) is 4.75. The van der Waals surface area contributed by atoms with E-state index >= 15 is 0 Å². The van der Waals surface area contributed by atoms with Crippen LogP contribution in [-0.4, -0.2) is 38.4 Å². The first kappa shape index (κ1) is 12.8. The van der Waals surface area contributed by atoms with Gasteiger partial charge in [0, 0.05) is 12.1 Å². The Morgan fingerprint density at radius 2 is 2.11 bits per heavy atom. The van der Waals surface area contributed by atoms with Crippen LogP contribution in [-0.2, 0) is 0 Å². The Morgan fingerprint density at radius 3 is 2.72 bits per heavy atom. The molecule has 1 aliphatic rings. The van der Waals surface area contributed by atoms with E-state index in [1.54, 1.807) is 0 Å². The molecule has 1 fully saturated rings. The van der Waals surface area contributed by atoms with Crippen LogP contribution in [0.3, 0.4) is 0 Å². The van der Waals surface area contributed by atoms with E-state index in [0.29, 0.717) is 17.9 Å². The van der Waals surface area contributed by atoms with Gasteiger partial charge in [-0.3, -0.25) is 0 Å². The largest absolute Gasteiger partial charge is 0.478 e. The molecular formula is C12H18N4O2. The first-order chi connectivity index (χ1) is 8.59. The molecule has 1 aromatic heterocycles. The van der Waals surface area contributed by atoms with Crippen LogP contribution in [0.5, 0.6) is 0 Å². The number of carboxylic acid groups (broad SMARTS) is 1. The predicted octanol–water partition coefficient (Wildman–Crippen LogP) is 1.76. The summed E-state index contributed by atoms with van der Waals surface area (Å²) in [6, 6.07) is 2.17. The standard InChI is InChI=1S/C12H18N4O2/c1-8-4-3-5-9(2)16(8)15-11-10(12(17)18)6-7-13-14-11/h6-9H,3-5H2,1-2H3,(H,14,15)(H,17,18). The highest BCUT2D eigenvalue weighted by Crippen LogP contribution is 2.23. The lowest BCUT2D eigenvalue weighted by molar-refractivity contribution is 0.0695. The Balaban J connectivity index is 2.20. The summed E-state index contributed by atoms with van der Waals surface area (Å²) in [6.45, 7) is 4.25. The SMILES string of the molecule is CC1CCCC(C)N1Nc1nnccc1C(=O)O. The molecule has 2 atom stereocenters. The van der Waals surface area contributed by atoms with Gasteiger partial charge in [-0.1, -0.05) is 6.42 Å². The van der Waals surface area contributed by atoms with Gasteiger partial charge in [0.1, 0.15) is 5.56 Å². The minimum absolute atomic E-state index is 0.148. The Bertz CT molecular complexity index is 428. The van der Waals surface area contributed by atoms with Gasteiger partial charge in [0.15, 0.2) is 5.82 Å². The summed E-state index contributed by atoms with van der Waals surface area (Å²) in [5, 5.41) is 18.8. The zero-order valence-electron chi connectivity index (χ0n) is 10.6. The fourth-order valence-corrected chi connectivity index (χ4v) is 2.35. The third-order valence-electron chi connectivity index (χ3n) is 3.38. The van der Waals surface area contributed by atoms with E-state index in [4.69, 9.17) is 5.11 Å². The van der Waals surface area contributed by atoms with E-state index in [0.717, 1.165) is 12.8 Å². The first-order valence-electron chi connectivity index (χ1n) is 6.19. The highest BCUT2D eigenvalue weighted by Gasteiger charge is 2.26. The summed E-state index contributed by atoms with van der Waals surface area (Å²) in [4.78, 5) is 11.1. The fourth-order valence-electron chi connectivity index (χ4n) is 2.35. The average molecular weight is 250 g/mol. The second-order valence-electron chi connectivity index (χ2n) is 4.75. The molecule has 2 N–H and O–H groups in total. The monoisotopic (exact) mass is 250 g/mol. The van der Waals surface area contributed by atoms with Crippen molar-refractivity contribution in [3.05, 3.63) is 17.8 Å². The number of hydrogen-bond donors (Lipinski definition) is 2. The van der Waals surface area contributed by atoms with E-state index in [1.807, 2.05) is 0 Å². The lowest BCUT2D eigenvalue weighted by atomic mass is 10.00. The van der Waals surface area contributed by atoms with Crippen LogP contribution in [0.1, 0.15) is 43.5 Å². The molecule has 18 heavy (non-hydrogen) atoms. The summed E-state index contributed by atoms with van der Waals surface area (Å²) >= 11 is 0. The molecule has 1 saturated heterocycles. The number of hydrogen-bond acceptors (Lipinski definition) is 5. The summed E-state index contributed by atoms with van der Waals surface area (Å²) in [6.07, 6.45) is 4.78. The van der Waals surface area contributed by atoms with Gasteiger partial charge in [-0.15, -0.1) is 5.10 Å². The van der Waals surface area contributed by atoms with Crippen molar-refractivity contribution in [2.24, 2.45) is 0 Å². The third kappa shape index (κ3) is 2.59. The Morgan fingerprint density at radius 1 is 1.44 bits per heavy atom. The third-order valence-corrected chi connectivity index (χ3v) is 3.38. The van der Waals surface area contributed by atoms with Gasteiger partial charge in [-0.2, -0.15) is 5.10 Å². The van der Waals surface area contributed by atoms with Gasteiger partial charge in [0.2, 0.25) is 0 Å². The van der Waals surface area contributed by atoms with Gasteiger partial charge in [-0.25, -0.2) is 9.80 Å². The lowest BCUT2D eigenvalue weighted by Gasteiger charge is -2.39. The Kier molecular flexibility index (Phi) is 3.76. The summed E-state index contributed by atoms with van der Waals surface area (Å²) in [7, 11) is 0. The number of hydrazine groups is 1. The number of carboxylic acids is 1. The summed E-state index contributed by atoms with van der Waals surface area (Å²) in [5.74, 6) is -0.685. The molecule has 6 heteroatoms. The number of anilines is 1. The van der Waals surface area contributed by atoms with E-state index < -0.39 is 5.97 Å². The van der Waals surface area contributed by atoms with Crippen LogP contribution in [0.4, 0.5) is 5.82 Å². The zero-order chi connectivity index (χ0) is 13.1. The summed E-state index contributed by atoms with van der Waals surface area (Å²) < 4.78 is 0. The number of carbonyl (C=O) groups is 1. The van der Waals surface area contributed by atoms with Crippen LogP contribution in [0.25, 0.3) is 0 Å². The molecule has 0 saturated carbocycles. The number of piperidine rings is 1. The van der Waals surface area contributed by atoms with Gasteiger partial charge in [0.05, 0.1) is 6.20 Å². The van der Waals surface area contributed by atoms with E-state index in [-0.39, 0.29) is 5.56 Å². The molecule has 98 valence electrons. The molecule has 0 aromatic carbocycles. The molecule has 0 radical (unpaired) electrons. The normalized spacial score (nSPS) is 24.8. The van der Waals surface area contributed by atoms with Crippen molar-refractivity contribution in [2.45, 2.75) is 45.2 Å². The molecule has 2 unspecified atom stereocenters. The molecule has 0 amide bonds. The molecule has 2 rings (SSSR count). The highest BCUT2D eigenvalue weighted by molar-refractivity contribution is 5.92. The number of nitrogens with one attached hydrogen (secondary N) is 1. The minimum atomic E-state index is -0.996. The van der Waals surface area contributed by atoms with Crippen molar-refractivity contribution < 1.29 is 9.90 Å². The fraction of sp³-hybridized carbons (Fsp3) is 0.583. The van der Waals surface area contributed by atoms with Crippen molar-refractivity contribution >= 4 is 11.8 Å². The van der Waals surface area contributed by atoms with Crippen molar-refractivity contribution in [3.63, 3.8) is 0 Å². The second kappa shape index (κ2) is 5.30. The topological polar surface area (TPSA) is 78.3 Å². The van der Waals surface area contributed by atoms with Gasteiger partial charge >= 0.3 is 5.97 Å². The molecular weight excluding hydrogens is 232 g/mol. The van der Waals surface area contributed by atoms with Gasteiger partial charge in [-0.05, 0) is 32.8 Å². The lowest BCUT2D eigenvalue weighted by Crippen LogP contribution is -2.47. The van der Waals surface area contributed by atoms with Crippen molar-refractivity contribution in [3.8, 4) is 0 Å². The van der Waals surface area contributed by atoms with Crippen molar-refractivity contribution in [1.82, 2.24) is 15.2 Å². The van der Waals surface area contributed by atoms with E-state index in [1.165, 1.54) is 18.7 Å². The molecule has 1 aliphatic heterocycles. The number of aromatic carboxylic acids is 1. The highest BCUT2D eigenvalue weighted by atomic mass is 16.4. The van der Waals surface area contributed by atoms with Crippen LogP contribution in [0.15, 0.2) is 12.3 Å². The van der Waals surface area contributed by atoms with Crippen LogP contribution in [0.2, 0.25) is 0 Å². The predicted molar refractivity (Wildman–Crippen MR) is 67.2 cm³/mol. The molecule has 0 spiro atoms. The number of rotatable bonds is 3. The van der Waals surface area contributed by atoms with Crippen molar-refractivity contribution in [1.29, 1.82) is 0 Å². The smallest absolute Gasteiger partial charge is 0.339 e. The molecule has 6 nitrogen and oxygen atoms in total. The van der Waals surface area contributed by atoms with E-state index in [2.05, 4.69) is 34.5 Å². The first-order valence-corrected chi connectivity index (χ1v) is 6.19. The average Bonchev–Trinajstić information content (AvgIpc) is 2.34. The summed E-state index contributed by atoms with van der Waals surface area (Å²) in [5.41, 5.74) is 3.26. The van der Waals surface area contributed by atoms with Crippen LogP contribution in [0, 0.1) is 0 Å². The minimum Gasteiger partial charge on any atom is -0.478 e. The maximum absolute atomic E-state index is 11.1. The van der Waals surface area contributed by atoms with Crippen molar-refractivity contribution in [2.75, 3.05) is 5.43 Å². The zero-order valence-corrected chi connectivity index (χ0v) is 10.6. The number of aromatic nitrogens is 2.